The molecule has 4 aromatic rings. The van der Waals surface area contributed by atoms with E-state index in [1.807, 2.05) is 13.8 Å². The third-order valence-corrected chi connectivity index (χ3v) is 10.7. The van der Waals surface area contributed by atoms with E-state index in [1.54, 1.807) is 0 Å². The largest absolute Gasteiger partial charge is 0.341 e. The number of hydrogen-bond donors (Lipinski definition) is 0. The minimum atomic E-state index is -1.64. The maximum absolute atomic E-state index is 7.70. The van der Waals surface area contributed by atoms with Gasteiger partial charge in [-0.2, -0.15) is 0 Å². The van der Waals surface area contributed by atoms with Crippen LogP contribution in [0.4, 0.5) is 0 Å². The molecule has 45 heavy (non-hydrogen) atoms. The van der Waals surface area contributed by atoms with E-state index >= 15 is 0 Å². The Kier molecular flexibility index (Phi) is 9.87. The van der Waals surface area contributed by atoms with Gasteiger partial charge in [0.15, 0.2) is 17.0 Å². The molecule has 2 aliphatic heterocycles. The van der Waals surface area contributed by atoms with Gasteiger partial charge in [0.05, 0.1) is 0 Å². The van der Waals surface area contributed by atoms with Gasteiger partial charge < -0.3 is 18.5 Å². The van der Waals surface area contributed by atoms with Crippen molar-refractivity contribution in [1.82, 2.24) is 4.67 Å². The van der Waals surface area contributed by atoms with Crippen molar-refractivity contribution in [3.05, 3.63) is 144 Å². The number of unbranched alkanes of at least 4 members (excludes halogenated alkanes) is 2. The van der Waals surface area contributed by atoms with Gasteiger partial charge in [0, 0.05) is 13.1 Å². The predicted molar refractivity (Wildman–Crippen MR) is 182 cm³/mol. The van der Waals surface area contributed by atoms with Crippen molar-refractivity contribution in [2.45, 2.75) is 82.6 Å². The van der Waals surface area contributed by atoms with Gasteiger partial charge in [0.1, 0.15) is 12.2 Å². The second-order valence-electron chi connectivity index (χ2n) is 12.5. The average molecular weight is 624 g/mol. The standard InChI is InChI=1S/C39H46NO4P/c1-5-7-29-40(30-8-6-2)45-43-38(31-21-13-9-14-22-31,32-23-15-10-16-24-32)35-36(42-37(3,4)41-35)39(44-45,33-25-17-11-18-26-33)34-27-19-12-20-28-34/h9-28,35-36H,5-8,29-30H2,1-4H3/t35-,36-/m1/s1. The number of nitrogens with zero attached hydrogens (tertiary/aromatic N) is 1. The second kappa shape index (κ2) is 13.8. The summed E-state index contributed by atoms with van der Waals surface area (Å²) in [4.78, 5) is 0. The Balaban J connectivity index is 1.69. The Bertz CT molecular complexity index is 1300. The molecule has 0 saturated carbocycles. The first kappa shape index (κ1) is 32.1. The molecule has 6 rings (SSSR count). The maximum atomic E-state index is 7.70. The van der Waals surface area contributed by atoms with Gasteiger partial charge in [0.25, 0.3) is 8.53 Å². The maximum Gasteiger partial charge on any atom is 0.261 e. The van der Waals surface area contributed by atoms with E-state index in [0.29, 0.717) is 0 Å². The van der Waals surface area contributed by atoms with Crippen LogP contribution in [-0.2, 0) is 29.7 Å². The topological polar surface area (TPSA) is 40.2 Å². The number of benzene rings is 4. The summed E-state index contributed by atoms with van der Waals surface area (Å²) in [6.45, 7) is 10.2. The van der Waals surface area contributed by atoms with E-state index in [4.69, 9.17) is 18.5 Å². The summed E-state index contributed by atoms with van der Waals surface area (Å²) in [5.74, 6) is -0.893. The molecule has 2 fully saturated rings. The molecule has 2 aliphatic rings. The first-order valence-corrected chi connectivity index (χ1v) is 17.6. The Morgan fingerprint density at radius 1 is 0.533 bits per heavy atom. The number of rotatable bonds is 11. The Hall–Kier alpha value is -2.89. The monoisotopic (exact) mass is 623 g/mol. The van der Waals surface area contributed by atoms with Crippen LogP contribution in [0.2, 0.25) is 0 Å². The minimum absolute atomic E-state index is 0.551. The summed E-state index contributed by atoms with van der Waals surface area (Å²) >= 11 is 0. The molecule has 0 radical (unpaired) electrons. The Morgan fingerprint density at radius 3 is 1.13 bits per heavy atom. The number of ether oxygens (including phenoxy) is 2. The van der Waals surface area contributed by atoms with Crippen LogP contribution in [0.5, 0.6) is 0 Å². The molecule has 0 spiro atoms. The van der Waals surface area contributed by atoms with Crippen LogP contribution >= 0.6 is 8.53 Å². The van der Waals surface area contributed by atoms with E-state index in [1.165, 1.54) is 0 Å². The summed E-state index contributed by atoms with van der Waals surface area (Å²) in [6.07, 6.45) is 3.17. The van der Waals surface area contributed by atoms with E-state index < -0.39 is 37.7 Å². The lowest BCUT2D eigenvalue weighted by molar-refractivity contribution is -0.175. The molecular formula is C39H46NO4P. The highest BCUT2D eigenvalue weighted by Gasteiger charge is 2.67. The smallest absolute Gasteiger partial charge is 0.261 e. The normalized spacial score (nSPS) is 22.2. The summed E-state index contributed by atoms with van der Waals surface area (Å²) in [5, 5.41) is 0. The van der Waals surface area contributed by atoms with Crippen LogP contribution in [-0.4, -0.2) is 35.8 Å². The van der Waals surface area contributed by atoms with Crippen LogP contribution < -0.4 is 0 Å². The van der Waals surface area contributed by atoms with Crippen LogP contribution in [0.1, 0.15) is 75.6 Å². The van der Waals surface area contributed by atoms with Gasteiger partial charge in [0.2, 0.25) is 0 Å². The zero-order valence-electron chi connectivity index (χ0n) is 27.0. The zero-order valence-corrected chi connectivity index (χ0v) is 27.9. The van der Waals surface area contributed by atoms with Crippen molar-refractivity contribution in [3.63, 3.8) is 0 Å². The highest BCUT2D eigenvalue weighted by atomic mass is 31.2. The number of hydrogen-bond acceptors (Lipinski definition) is 5. The van der Waals surface area contributed by atoms with Crippen LogP contribution in [0.15, 0.2) is 121 Å². The lowest BCUT2D eigenvalue weighted by Crippen LogP contribution is -2.53. The summed E-state index contributed by atoms with van der Waals surface area (Å²) < 4.78 is 32.1. The fourth-order valence-electron chi connectivity index (χ4n) is 6.74. The molecule has 2 saturated heterocycles. The predicted octanol–water partition coefficient (Wildman–Crippen LogP) is 9.57. The summed E-state index contributed by atoms with van der Waals surface area (Å²) in [6, 6.07) is 42.2. The summed E-state index contributed by atoms with van der Waals surface area (Å²) in [5.41, 5.74) is 2.04. The summed E-state index contributed by atoms with van der Waals surface area (Å²) in [7, 11) is -1.64. The lowest BCUT2D eigenvalue weighted by Gasteiger charge is -2.41. The van der Waals surface area contributed by atoms with Gasteiger partial charge in [-0.05, 0) is 48.9 Å². The molecular weight excluding hydrogens is 577 g/mol. The van der Waals surface area contributed by atoms with Crippen molar-refractivity contribution >= 4 is 8.53 Å². The fourth-order valence-corrected chi connectivity index (χ4v) is 8.74. The molecule has 0 aliphatic carbocycles. The third kappa shape index (κ3) is 6.15. The molecule has 5 nitrogen and oxygen atoms in total. The van der Waals surface area contributed by atoms with Gasteiger partial charge in [-0.3, -0.25) is 0 Å². The zero-order chi connectivity index (χ0) is 31.3. The quantitative estimate of drug-likeness (QED) is 0.156. The van der Waals surface area contributed by atoms with Gasteiger partial charge >= 0.3 is 0 Å². The third-order valence-electron chi connectivity index (χ3n) is 8.92. The minimum Gasteiger partial charge on any atom is -0.341 e. The van der Waals surface area contributed by atoms with E-state index in [9.17, 15) is 0 Å². The molecule has 0 N–H and O–H groups in total. The van der Waals surface area contributed by atoms with Crippen molar-refractivity contribution in [2.75, 3.05) is 13.1 Å². The fraction of sp³-hybridized carbons (Fsp3) is 0.385. The molecule has 2 heterocycles. The molecule has 0 aromatic heterocycles. The van der Waals surface area contributed by atoms with Crippen LogP contribution in [0, 0.1) is 0 Å². The SMILES string of the molecule is CCCCN(CCCC)P1OC(c2ccccc2)(c2ccccc2)[C@@H]2OC(C)(C)O[C@H]2C(c2ccccc2)(c2ccccc2)O1. The first-order chi connectivity index (χ1) is 21.9. The van der Waals surface area contributed by atoms with Crippen LogP contribution in [0.3, 0.4) is 0 Å². The molecule has 6 heteroatoms. The molecule has 4 aromatic carbocycles. The van der Waals surface area contributed by atoms with E-state index in [2.05, 4.69) is 140 Å². The molecule has 0 unspecified atom stereocenters. The Morgan fingerprint density at radius 2 is 0.844 bits per heavy atom. The van der Waals surface area contributed by atoms with Crippen LogP contribution in [0.25, 0.3) is 0 Å². The highest BCUT2D eigenvalue weighted by molar-refractivity contribution is 7.44. The molecule has 236 valence electrons. The van der Waals surface area contributed by atoms with Crippen molar-refractivity contribution in [2.24, 2.45) is 0 Å². The molecule has 0 bridgehead atoms. The van der Waals surface area contributed by atoms with E-state index in [-0.39, 0.29) is 0 Å². The molecule has 2 atom stereocenters. The van der Waals surface area contributed by atoms with E-state index in [0.717, 1.165) is 61.0 Å². The van der Waals surface area contributed by atoms with Crippen molar-refractivity contribution in [1.29, 1.82) is 0 Å². The van der Waals surface area contributed by atoms with Gasteiger partial charge in [-0.15, -0.1) is 0 Å². The first-order valence-electron chi connectivity index (χ1n) is 16.5. The lowest BCUT2D eigenvalue weighted by atomic mass is 9.72. The second-order valence-corrected chi connectivity index (χ2v) is 13.9. The molecule has 0 amide bonds. The van der Waals surface area contributed by atoms with Gasteiger partial charge in [-0.1, -0.05) is 148 Å². The average Bonchev–Trinajstić information content (AvgIpc) is 3.36. The van der Waals surface area contributed by atoms with Gasteiger partial charge in [-0.25, -0.2) is 4.67 Å². The highest BCUT2D eigenvalue weighted by Crippen LogP contribution is 2.65. The van der Waals surface area contributed by atoms with Crippen molar-refractivity contribution in [3.8, 4) is 0 Å². The number of fused-ring (bicyclic) bond motifs is 1. The Labute approximate surface area is 270 Å². The van der Waals surface area contributed by atoms with Crippen molar-refractivity contribution < 1.29 is 18.5 Å².